The number of nitrogens with one attached hydrogen (secondary N) is 1. The van der Waals surface area contributed by atoms with Gasteiger partial charge in [-0.1, -0.05) is 17.7 Å². The molecule has 1 N–H and O–H groups in total. The van der Waals surface area contributed by atoms with Gasteiger partial charge in [0.05, 0.1) is 19.5 Å². The number of hydrogen-bond donors (Lipinski definition) is 1. The summed E-state index contributed by atoms with van der Waals surface area (Å²) in [5, 5.41) is 3.68. The topological polar surface area (TPSA) is 64.1 Å². The molecule has 0 amide bonds. The number of methoxy groups -OCH3 is 1. The third-order valence-electron chi connectivity index (χ3n) is 2.47. The average Bonchev–Trinajstić information content (AvgIpc) is 2.42. The molecule has 0 unspecified atom stereocenters. The van der Waals surface area contributed by atoms with Crippen molar-refractivity contribution in [3.05, 3.63) is 46.9 Å². The van der Waals surface area contributed by atoms with E-state index in [2.05, 4.69) is 20.0 Å². The number of benzene rings is 1. The zero-order chi connectivity index (χ0) is 13.8. The molecule has 0 spiro atoms. The van der Waals surface area contributed by atoms with Gasteiger partial charge in [0.1, 0.15) is 5.82 Å². The Morgan fingerprint density at radius 1 is 1.37 bits per heavy atom. The van der Waals surface area contributed by atoms with E-state index in [-0.39, 0.29) is 5.69 Å². The van der Waals surface area contributed by atoms with Crippen molar-refractivity contribution in [1.82, 2.24) is 9.97 Å². The van der Waals surface area contributed by atoms with Gasteiger partial charge in [-0.15, -0.1) is 0 Å². The number of halogens is 1. The van der Waals surface area contributed by atoms with Crippen LogP contribution in [0.5, 0.6) is 0 Å². The first-order valence-electron chi connectivity index (χ1n) is 5.53. The molecular formula is C13H12ClN3O2. The predicted molar refractivity (Wildman–Crippen MR) is 72.8 cm³/mol. The second-order valence-electron chi connectivity index (χ2n) is 3.87. The van der Waals surface area contributed by atoms with Gasteiger partial charge in [-0.2, -0.15) is 0 Å². The fraction of sp³-hybridized carbons (Fsp3) is 0.154. The Labute approximate surface area is 115 Å². The van der Waals surface area contributed by atoms with Gasteiger partial charge in [-0.25, -0.2) is 9.78 Å². The summed E-state index contributed by atoms with van der Waals surface area (Å²) >= 11 is 6.03. The summed E-state index contributed by atoms with van der Waals surface area (Å²) in [5.41, 5.74) is 1.90. The summed E-state index contributed by atoms with van der Waals surface area (Å²) in [6, 6.07) is 5.54. The van der Waals surface area contributed by atoms with Crippen molar-refractivity contribution in [2.75, 3.05) is 12.4 Å². The highest BCUT2D eigenvalue weighted by Crippen LogP contribution is 2.22. The number of carbonyl (C=O) groups is 1. The van der Waals surface area contributed by atoms with Gasteiger partial charge in [0, 0.05) is 10.7 Å². The van der Waals surface area contributed by atoms with Crippen LogP contribution in [-0.4, -0.2) is 23.0 Å². The van der Waals surface area contributed by atoms with Crippen LogP contribution in [0.1, 0.15) is 16.1 Å². The Hall–Kier alpha value is -2.14. The van der Waals surface area contributed by atoms with Crippen LogP contribution >= 0.6 is 11.6 Å². The van der Waals surface area contributed by atoms with Crippen molar-refractivity contribution in [1.29, 1.82) is 0 Å². The maximum absolute atomic E-state index is 11.3. The molecule has 2 aromatic rings. The molecule has 0 aliphatic heterocycles. The van der Waals surface area contributed by atoms with E-state index >= 15 is 0 Å². The normalized spacial score (nSPS) is 10.1. The Kier molecular flexibility index (Phi) is 3.97. The molecule has 0 saturated carbocycles. The lowest BCUT2D eigenvalue weighted by Crippen LogP contribution is -2.06. The number of aryl methyl sites for hydroxylation is 1. The van der Waals surface area contributed by atoms with E-state index < -0.39 is 5.97 Å². The van der Waals surface area contributed by atoms with Gasteiger partial charge in [-0.3, -0.25) is 4.98 Å². The van der Waals surface area contributed by atoms with Crippen LogP contribution in [0.4, 0.5) is 11.5 Å². The van der Waals surface area contributed by atoms with Crippen molar-refractivity contribution < 1.29 is 9.53 Å². The molecule has 1 heterocycles. The quantitative estimate of drug-likeness (QED) is 0.874. The van der Waals surface area contributed by atoms with Gasteiger partial charge < -0.3 is 10.1 Å². The summed E-state index contributed by atoms with van der Waals surface area (Å²) in [4.78, 5) is 19.4. The van der Waals surface area contributed by atoms with E-state index in [0.29, 0.717) is 10.8 Å². The van der Waals surface area contributed by atoms with Gasteiger partial charge in [0.2, 0.25) is 0 Å². The first kappa shape index (κ1) is 13.3. The number of nitrogens with zero attached hydrogens (tertiary/aromatic N) is 2. The van der Waals surface area contributed by atoms with Crippen molar-refractivity contribution in [3.8, 4) is 0 Å². The molecule has 0 aliphatic carbocycles. The van der Waals surface area contributed by atoms with Crippen molar-refractivity contribution >= 4 is 29.1 Å². The Bertz CT molecular complexity index is 617. The third-order valence-corrected chi connectivity index (χ3v) is 2.88. The number of carbonyl (C=O) groups excluding carboxylic acids is 1. The summed E-state index contributed by atoms with van der Waals surface area (Å²) in [5.74, 6) is -0.0825. The van der Waals surface area contributed by atoms with Crippen molar-refractivity contribution in [2.24, 2.45) is 0 Å². The maximum Gasteiger partial charge on any atom is 0.358 e. The van der Waals surface area contributed by atoms with Crippen LogP contribution in [0.3, 0.4) is 0 Å². The van der Waals surface area contributed by atoms with Crippen molar-refractivity contribution in [2.45, 2.75) is 6.92 Å². The van der Waals surface area contributed by atoms with E-state index in [0.717, 1.165) is 11.3 Å². The average molecular weight is 278 g/mol. The molecule has 5 nitrogen and oxygen atoms in total. The SMILES string of the molecule is COC(=O)c1cncc(Nc2ccc(C)c(Cl)c2)n1. The minimum Gasteiger partial charge on any atom is -0.464 e. The molecule has 1 aromatic carbocycles. The van der Waals surface area contributed by atoms with Crippen LogP contribution in [0.25, 0.3) is 0 Å². The highest BCUT2D eigenvalue weighted by Gasteiger charge is 2.08. The van der Waals surface area contributed by atoms with Crippen LogP contribution in [-0.2, 0) is 4.74 Å². The van der Waals surface area contributed by atoms with Crippen molar-refractivity contribution in [3.63, 3.8) is 0 Å². The molecule has 0 saturated heterocycles. The standard InChI is InChI=1S/C13H12ClN3O2/c1-8-3-4-9(5-10(8)14)16-12-7-15-6-11(17-12)13(18)19-2/h3-7H,1-2H3,(H,16,17). The molecule has 19 heavy (non-hydrogen) atoms. The van der Waals surface area contributed by atoms with Gasteiger partial charge in [0.25, 0.3) is 0 Å². The molecule has 0 radical (unpaired) electrons. The lowest BCUT2D eigenvalue weighted by molar-refractivity contribution is 0.0593. The fourth-order valence-electron chi connectivity index (χ4n) is 1.45. The number of esters is 1. The smallest absolute Gasteiger partial charge is 0.358 e. The molecule has 1 aromatic heterocycles. The molecule has 0 aliphatic rings. The largest absolute Gasteiger partial charge is 0.464 e. The summed E-state index contributed by atoms with van der Waals surface area (Å²) in [6.07, 6.45) is 2.86. The van der Waals surface area contributed by atoms with Gasteiger partial charge in [0.15, 0.2) is 5.69 Å². The highest BCUT2D eigenvalue weighted by atomic mass is 35.5. The van der Waals surface area contributed by atoms with E-state index in [1.807, 2.05) is 19.1 Å². The Morgan fingerprint density at radius 2 is 2.16 bits per heavy atom. The molecular weight excluding hydrogens is 266 g/mol. The Balaban J connectivity index is 2.23. The molecule has 0 fully saturated rings. The third kappa shape index (κ3) is 3.20. The van der Waals surface area contributed by atoms with E-state index in [1.165, 1.54) is 19.5 Å². The summed E-state index contributed by atoms with van der Waals surface area (Å²) in [6.45, 7) is 1.92. The number of aromatic nitrogens is 2. The minimum atomic E-state index is -0.530. The lowest BCUT2D eigenvalue weighted by Gasteiger charge is -2.07. The second-order valence-corrected chi connectivity index (χ2v) is 4.28. The van der Waals surface area contributed by atoms with Crippen LogP contribution in [0.2, 0.25) is 5.02 Å². The molecule has 98 valence electrons. The summed E-state index contributed by atoms with van der Waals surface area (Å²) in [7, 11) is 1.30. The number of ether oxygens (including phenoxy) is 1. The fourth-order valence-corrected chi connectivity index (χ4v) is 1.63. The monoisotopic (exact) mass is 277 g/mol. The maximum atomic E-state index is 11.3. The van der Waals surface area contributed by atoms with Crippen LogP contribution < -0.4 is 5.32 Å². The lowest BCUT2D eigenvalue weighted by atomic mass is 10.2. The van der Waals surface area contributed by atoms with Gasteiger partial charge >= 0.3 is 5.97 Å². The van der Waals surface area contributed by atoms with Crippen LogP contribution in [0, 0.1) is 6.92 Å². The molecule has 2 rings (SSSR count). The zero-order valence-corrected chi connectivity index (χ0v) is 11.2. The number of rotatable bonds is 3. The second kappa shape index (κ2) is 5.67. The predicted octanol–water partition coefficient (Wildman–Crippen LogP) is 2.97. The van der Waals surface area contributed by atoms with Crippen LogP contribution in [0.15, 0.2) is 30.6 Å². The zero-order valence-electron chi connectivity index (χ0n) is 10.5. The summed E-state index contributed by atoms with van der Waals surface area (Å²) < 4.78 is 4.59. The molecule has 0 atom stereocenters. The first-order valence-corrected chi connectivity index (χ1v) is 5.91. The Morgan fingerprint density at radius 3 is 2.84 bits per heavy atom. The molecule has 6 heteroatoms. The van der Waals surface area contributed by atoms with E-state index in [9.17, 15) is 4.79 Å². The minimum absolute atomic E-state index is 0.144. The van der Waals surface area contributed by atoms with E-state index in [1.54, 1.807) is 6.07 Å². The highest BCUT2D eigenvalue weighted by molar-refractivity contribution is 6.31. The number of hydrogen-bond acceptors (Lipinski definition) is 5. The van der Waals surface area contributed by atoms with E-state index in [4.69, 9.17) is 11.6 Å². The first-order chi connectivity index (χ1) is 9.10. The van der Waals surface area contributed by atoms with Gasteiger partial charge in [-0.05, 0) is 24.6 Å². The number of anilines is 2. The molecule has 0 bridgehead atoms.